The number of nitrogens with zero attached hydrogens (tertiary/aromatic N) is 3. The molecule has 0 spiro atoms. The molecule has 3 N–H and O–H groups in total. The zero-order valence-electron chi connectivity index (χ0n) is 13.1. The van der Waals surface area contributed by atoms with Gasteiger partial charge in [0.25, 0.3) is 0 Å². The van der Waals surface area contributed by atoms with E-state index in [1.54, 1.807) is 18.3 Å². The normalized spacial score (nSPS) is 21.5. The maximum absolute atomic E-state index is 6.37. The summed E-state index contributed by atoms with van der Waals surface area (Å²) in [5.74, 6) is 0.228. The Morgan fingerprint density at radius 3 is 2.57 bits per heavy atom. The monoisotopic (exact) mass is 351 g/mol. The molecule has 0 saturated carbocycles. The topological polar surface area (TPSA) is 67.1 Å². The molecule has 0 aliphatic carbocycles. The molecular weight excluding hydrogens is 333 g/mol. The Hall–Kier alpha value is -1.56. The summed E-state index contributed by atoms with van der Waals surface area (Å²) in [7, 11) is 0. The van der Waals surface area contributed by atoms with E-state index in [0.29, 0.717) is 22.1 Å². The fourth-order valence-corrected chi connectivity index (χ4v) is 3.52. The van der Waals surface area contributed by atoms with Gasteiger partial charge in [-0.05, 0) is 32.0 Å². The molecule has 1 fully saturated rings. The van der Waals surface area contributed by atoms with Gasteiger partial charge in [0.1, 0.15) is 5.69 Å². The number of rotatable bonds is 2. The minimum atomic E-state index is 0.228. The van der Waals surface area contributed by atoms with Gasteiger partial charge in [-0.25, -0.2) is 9.97 Å². The summed E-state index contributed by atoms with van der Waals surface area (Å²) >= 11 is 12.4. The van der Waals surface area contributed by atoms with Crippen molar-refractivity contribution in [3.8, 4) is 11.3 Å². The number of anilines is 2. The maximum atomic E-state index is 6.37. The number of halogens is 2. The molecule has 0 amide bonds. The zero-order valence-corrected chi connectivity index (χ0v) is 14.6. The Morgan fingerprint density at radius 1 is 1.22 bits per heavy atom. The van der Waals surface area contributed by atoms with Crippen molar-refractivity contribution in [1.29, 1.82) is 0 Å². The lowest BCUT2D eigenvalue weighted by atomic mass is 10.1. The fraction of sp³-hybridized carbons (Fsp3) is 0.375. The van der Waals surface area contributed by atoms with Crippen LogP contribution in [-0.4, -0.2) is 35.1 Å². The number of piperazine rings is 1. The maximum Gasteiger partial charge on any atom is 0.220 e. The van der Waals surface area contributed by atoms with Crippen LogP contribution in [-0.2, 0) is 0 Å². The van der Waals surface area contributed by atoms with E-state index in [1.807, 2.05) is 6.07 Å². The van der Waals surface area contributed by atoms with Crippen molar-refractivity contribution in [1.82, 2.24) is 15.3 Å². The lowest BCUT2D eigenvalue weighted by molar-refractivity contribution is 0.407. The lowest BCUT2D eigenvalue weighted by Crippen LogP contribution is -2.54. The van der Waals surface area contributed by atoms with E-state index in [0.717, 1.165) is 30.0 Å². The van der Waals surface area contributed by atoms with Crippen LogP contribution in [0.3, 0.4) is 0 Å². The molecular formula is C16H19Cl2N5. The van der Waals surface area contributed by atoms with Gasteiger partial charge in [0.15, 0.2) is 0 Å². The molecule has 1 aromatic heterocycles. The molecule has 23 heavy (non-hydrogen) atoms. The van der Waals surface area contributed by atoms with E-state index in [-0.39, 0.29) is 5.95 Å². The Labute approximate surface area is 145 Å². The third-order valence-electron chi connectivity index (χ3n) is 3.87. The first-order valence-electron chi connectivity index (χ1n) is 7.53. The van der Waals surface area contributed by atoms with Crippen LogP contribution in [0.4, 0.5) is 11.6 Å². The van der Waals surface area contributed by atoms with Gasteiger partial charge >= 0.3 is 0 Å². The summed E-state index contributed by atoms with van der Waals surface area (Å²) in [6.45, 7) is 6.07. The van der Waals surface area contributed by atoms with Crippen LogP contribution < -0.4 is 16.0 Å². The summed E-state index contributed by atoms with van der Waals surface area (Å²) in [4.78, 5) is 10.9. The van der Waals surface area contributed by atoms with Crippen LogP contribution in [0.15, 0.2) is 24.4 Å². The minimum absolute atomic E-state index is 0.228. The quantitative estimate of drug-likeness (QED) is 0.869. The van der Waals surface area contributed by atoms with E-state index in [9.17, 15) is 0 Å². The van der Waals surface area contributed by atoms with Gasteiger partial charge in [0, 0.05) is 35.8 Å². The minimum Gasteiger partial charge on any atom is -0.368 e. The van der Waals surface area contributed by atoms with Crippen LogP contribution in [0, 0.1) is 0 Å². The van der Waals surface area contributed by atoms with Crippen LogP contribution in [0.25, 0.3) is 11.3 Å². The van der Waals surface area contributed by atoms with E-state index in [1.165, 1.54) is 0 Å². The summed E-state index contributed by atoms with van der Waals surface area (Å²) in [6, 6.07) is 6.14. The number of nitrogens with two attached hydrogens (primary N) is 1. The highest BCUT2D eigenvalue weighted by molar-refractivity contribution is 6.36. The molecule has 1 aliphatic rings. The van der Waals surface area contributed by atoms with Crippen molar-refractivity contribution in [2.45, 2.75) is 25.9 Å². The molecule has 1 saturated heterocycles. The molecule has 0 bridgehead atoms. The van der Waals surface area contributed by atoms with Gasteiger partial charge < -0.3 is 16.0 Å². The molecule has 1 aliphatic heterocycles. The molecule has 2 heterocycles. The van der Waals surface area contributed by atoms with Crippen molar-refractivity contribution < 1.29 is 0 Å². The van der Waals surface area contributed by atoms with Crippen molar-refractivity contribution in [3.63, 3.8) is 0 Å². The van der Waals surface area contributed by atoms with E-state index in [2.05, 4.69) is 34.0 Å². The van der Waals surface area contributed by atoms with E-state index in [4.69, 9.17) is 28.9 Å². The highest BCUT2D eigenvalue weighted by Gasteiger charge is 2.25. The second kappa shape index (κ2) is 6.51. The first kappa shape index (κ1) is 16.3. The van der Waals surface area contributed by atoms with Crippen LogP contribution in [0.5, 0.6) is 0 Å². The third kappa shape index (κ3) is 3.52. The molecule has 0 radical (unpaired) electrons. The smallest absolute Gasteiger partial charge is 0.220 e. The second-order valence-corrected chi connectivity index (χ2v) is 6.80. The average molecular weight is 352 g/mol. The van der Waals surface area contributed by atoms with Gasteiger partial charge in [-0.3, -0.25) is 0 Å². The number of nitrogen functional groups attached to an aromatic ring is 1. The molecule has 1 aromatic carbocycles. The van der Waals surface area contributed by atoms with Crippen LogP contribution in [0.1, 0.15) is 13.8 Å². The fourth-order valence-electron chi connectivity index (χ4n) is 3.02. The van der Waals surface area contributed by atoms with Crippen molar-refractivity contribution in [2.24, 2.45) is 0 Å². The molecule has 2 aromatic rings. The second-order valence-electron chi connectivity index (χ2n) is 5.96. The zero-order chi connectivity index (χ0) is 16.6. The first-order chi connectivity index (χ1) is 10.9. The van der Waals surface area contributed by atoms with Crippen molar-refractivity contribution >= 4 is 34.8 Å². The number of hydrogen-bond acceptors (Lipinski definition) is 5. The number of nitrogens with one attached hydrogen (secondary N) is 1. The van der Waals surface area contributed by atoms with Gasteiger partial charge in [-0.15, -0.1) is 0 Å². The highest BCUT2D eigenvalue weighted by Crippen LogP contribution is 2.35. The van der Waals surface area contributed by atoms with Crippen LogP contribution in [0.2, 0.25) is 10.0 Å². The average Bonchev–Trinajstić information content (AvgIpc) is 2.46. The van der Waals surface area contributed by atoms with Gasteiger partial charge in [0.05, 0.1) is 16.9 Å². The number of hydrogen-bond donors (Lipinski definition) is 2. The molecule has 122 valence electrons. The molecule has 2 unspecified atom stereocenters. The highest BCUT2D eigenvalue weighted by atomic mass is 35.5. The largest absolute Gasteiger partial charge is 0.368 e. The lowest BCUT2D eigenvalue weighted by Gasteiger charge is -2.38. The summed E-state index contributed by atoms with van der Waals surface area (Å²) < 4.78 is 0. The molecule has 2 atom stereocenters. The number of benzene rings is 1. The predicted octanol–water partition coefficient (Wildman–Crippen LogP) is 3.22. The standard InChI is InChI=1S/C16H19Cl2N5/c1-9-7-23(8-10(2)21-9)14-6-20-16(19)22-15(14)12-4-3-11(17)5-13(12)18/h3-6,9-10,21H,7-8H2,1-2H3,(H2,19,20,22). The Morgan fingerprint density at radius 2 is 1.91 bits per heavy atom. The summed E-state index contributed by atoms with van der Waals surface area (Å²) in [5.41, 5.74) is 8.28. The molecule has 5 nitrogen and oxygen atoms in total. The number of aromatic nitrogens is 2. The SMILES string of the molecule is CC1CN(c2cnc(N)nc2-c2ccc(Cl)cc2Cl)CC(C)N1. The third-order valence-corrected chi connectivity index (χ3v) is 4.42. The van der Waals surface area contributed by atoms with E-state index < -0.39 is 0 Å². The van der Waals surface area contributed by atoms with Crippen molar-refractivity contribution in [2.75, 3.05) is 23.7 Å². The van der Waals surface area contributed by atoms with Crippen LogP contribution >= 0.6 is 23.2 Å². The first-order valence-corrected chi connectivity index (χ1v) is 8.28. The predicted molar refractivity (Wildman–Crippen MR) is 96.2 cm³/mol. The molecule has 3 rings (SSSR count). The van der Waals surface area contributed by atoms with Gasteiger partial charge in [-0.1, -0.05) is 23.2 Å². The van der Waals surface area contributed by atoms with Crippen molar-refractivity contribution in [3.05, 3.63) is 34.4 Å². The Balaban J connectivity index is 2.08. The van der Waals surface area contributed by atoms with Gasteiger partial charge in [0.2, 0.25) is 5.95 Å². The molecule has 7 heteroatoms. The summed E-state index contributed by atoms with van der Waals surface area (Å²) in [5, 5.41) is 4.66. The Kier molecular flexibility index (Phi) is 4.62. The van der Waals surface area contributed by atoms with E-state index >= 15 is 0 Å². The summed E-state index contributed by atoms with van der Waals surface area (Å²) in [6.07, 6.45) is 1.77. The van der Waals surface area contributed by atoms with Gasteiger partial charge in [-0.2, -0.15) is 0 Å². The Bertz CT molecular complexity index is 712.